The molecule has 2 rings (SSSR count). The number of thiophene rings is 1. The highest BCUT2D eigenvalue weighted by Crippen LogP contribution is 2.40. The van der Waals surface area contributed by atoms with Crippen molar-refractivity contribution in [1.82, 2.24) is 10.2 Å². The number of benzene rings is 1. The van der Waals surface area contributed by atoms with E-state index in [1.54, 1.807) is 26.3 Å². The van der Waals surface area contributed by atoms with Gasteiger partial charge in [-0.2, -0.15) is 0 Å². The van der Waals surface area contributed by atoms with E-state index in [0.717, 1.165) is 10.4 Å². The van der Waals surface area contributed by atoms with Crippen molar-refractivity contribution in [3.8, 4) is 17.2 Å². The van der Waals surface area contributed by atoms with E-state index in [9.17, 15) is 9.59 Å². The zero-order valence-corrected chi connectivity index (χ0v) is 16.9. The van der Waals surface area contributed by atoms with E-state index in [1.165, 1.54) is 30.5 Å². The number of nitrogens with zero attached hydrogens (tertiary/aromatic N) is 1. The number of aryl methyl sites for hydroxylation is 1. The topological polar surface area (TPSA) is 77.1 Å². The lowest BCUT2D eigenvalue weighted by Crippen LogP contribution is -2.37. The molecule has 0 radical (unpaired) electrons. The molecule has 0 aliphatic rings. The molecule has 8 heteroatoms. The maximum Gasteiger partial charge on any atom is 0.261 e. The molecule has 146 valence electrons. The quantitative estimate of drug-likeness (QED) is 0.747. The summed E-state index contributed by atoms with van der Waals surface area (Å²) in [6.45, 7) is 2.15. The fraction of sp³-hybridized carbons (Fsp3) is 0.368. The maximum atomic E-state index is 12.4. The summed E-state index contributed by atoms with van der Waals surface area (Å²) in [6, 6.07) is 7.20. The van der Waals surface area contributed by atoms with Gasteiger partial charge in [0.25, 0.3) is 5.91 Å². The van der Waals surface area contributed by atoms with Crippen LogP contribution in [-0.4, -0.2) is 51.6 Å². The Morgan fingerprint density at radius 3 is 2.30 bits per heavy atom. The average molecular weight is 392 g/mol. The lowest BCUT2D eigenvalue weighted by Gasteiger charge is -2.21. The molecule has 1 N–H and O–H groups in total. The Labute approximate surface area is 162 Å². The Morgan fingerprint density at radius 2 is 1.74 bits per heavy atom. The number of ether oxygens (including phenoxy) is 3. The van der Waals surface area contributed by atoms with Crippen molar-refractivity contribution in [2.45, 2.75) is 13.5 Å². The molecule has 1 aromatic carbocycles. The second-order valence-electron chi connectivity index (χ2n) is 5.84. The van der Waals surface area contributed by atoms with Crippen molar-refractivity contribution in [2.75, 3.05) is 34.9 Å². The Balaban J connectivity index is 2.02. The summed E-state index contributed by atoms with van der Waals surface area (Å²) in [7, 11) is 6.27. The first-order valence-corrected chi connectivity index (χ1v) is 9.09. The Morgan fingerprint density at radius 1 is 1.04 bits per heavy atom. The van der Waals surface area contributed by atoms with E-state index in [-0.39, 0.29) is 18.4 Å². The SMILES string of the molecule is COc1ccc(CN(C)C(=O)CNC(=O)c2ccc(C)s2)c(OC)c1OC. The van der Waals surface area contributed by atoms with Crippen LogP contribution in [0.1, 0.15) is 20.1 Å². The van der Waals surface area contributed by atoms with Gasteiger partial charge in [-0.05, 0) is 31.2 Å². The van der Waals surface area contributed by atoms with Crippen LogP contribution in [0.3, 0.4) is 0 Å². The summed E-state index contributed by atoms with van der Waals surface area (Å²) < 4.78 is 16.1. The van der Waals surface area contributed by atoms with Crippen molar-refractivity contribution in [3.05, 3.63) is 39.6 Å². The van der Waals surface area contributed by atoms with Crippen LogP contribution >= 0.6 is 11.3 Å². The number of methoxy groups -OCH3 is 3. The number of carbonyl (C=O) groups is 2. The minimum atomic E-state index is -0.251. The van der Waals surface area contributed by atoms with Crippen molar-refractivity contribution in [1.29, 1.82) is 0 Å². The lowest BCUT2D eigenvalue weighted by atomic mass is 10.1. The molecule has 2 amide bonds. The third kappa shape index (κ3) is 4.91. The van der Waals surface area contributed by atoms with Crippen LogP contribution in [0.15, 0.2) is 24.3 Å². The minimum absolute atomic E-state index is 0.0815. The van der Waals surface area contributed by atoms with Crippen LogP contribution in [0.4, 0.5) is 0 Å². The number of carbonyl (C=O) groups excluding carboxylic acids is 2. The largest absolute Gasteiger partial charge is 0.493 e. The number of hydrogen-bond donors (Lipinski definition) is 1. The minimum Gasteiger partial charge on any atom is -0.493 e. The average Bonchev–Trinajstić information content (AvgIpc) is 3.11. The second kappa shape index (κ2) is 9.27. The van der Waals surface area contributed by atoms with Gasteiger partial charge in [0.15, 0.2) is 11.5 Å². The van der Waals surface area contributed by atoms with Crippen LogP contribution < -0.4 is 19.5 Å². The monoisotopic (exact) mass is 392 g/mol. The van der Waals surface area contributed by atoms with Gasteiger partial charge in [-0.1, -0.05) is 0 Å². The Hall–Kier alpha value is -2.74. The molecular weight excluding hydrogens is 368 g/mol. The van der Waals surface area contributed by atoms with Gasteiger partial charge in [-0.15, -0.1) is 11.3 Å². The van der Waals surface area contributed by atoms with E-state index in [4.69, 9.17) is 14.2 Å². The van der Waals surface area contributed by atoms with Crippen molar-refractivity contribution in [2.24, 2.45) is 0 Å². The van der Waals surface area contributed by atoms with E-state index in [1.807, 2.05) is 19.1 Å². The molecule has 0 bridgehead atoms. The molecule has 2 aromatic rings. The van der Waals surface area contributed by atoms with E-state index < -0.39 is 0 Å². The Bertz CT molecular complexity index is 818. The fourth-order valence-electron chi connectivity index (χ4n) is 2.57. The van der Waals surface area contributed by atoms with E-state index in [0.29, 0.717) is 28.7 Å². The van der Waals surface area contributed by atoms with Crippen molar-refractivity contribution >= 4 is 23.2 Å². The molecule has 0 aliphatic carbocycles. The molecule has 0 fully saturated rings. The summed E-state index contributed by atoms with van der Waals surface area (Å²) in [6.07, 6.45) is 0. The molecule has 27 heavy (non-hydrogen) atoms. The highest BCUT2D eigenvalue weighted by Gasteiger charge is 2.19. The molecule has 0 saturated heterocycles. The van der Waals surface area contributed by atoms with Gasteiger partial charge in [0.2, 0.25) is 11.7 Å². The smallest absolute Gasteiger partial charge is 0.261 e. The van der Waals surface area contributed by atoms with Crippen LogP contribution in [0, 0.1) is 6.92 Å². The van der Waals surface area contributed by atoms with Crippen LogP contribution in [0.25, 0.3) is 0 Å². The zero-order valence-electron chi connectivity index (χ0n) is 16.1. The summed E-state index contributed by atoms with van der Waals surface area (Å²) in [5, 5.41) is 2.65. The highest BCUT2D eigenvalue weighted by atomic mass is 32.1. The lowest BCUT2D eigenvalue weighted by molar-refractivity contribution is -0.129. The number of amides is 2. The zero-order chi connectivity index (χ0) is 20.0. The van der Waals surface area contributed by atoms with Gasteiger partial charge < -0.3 is 24.4 Å². The summed E-state index contributed by atoms with van der Waals surface area (Å²) in [5.41, 5.74) is 0.770. The highest BCUT2D eigenvalue weighted by molar-refractivity contribution is 7.13. The number of hydrogen-bond acceptors (Lipinski definition) is 6. The van der Waals surface area contributed by atoms with Gasteiger partial charge in [-0.3, -0.25) is 9.59 Å². The van der Waals surface area contributed by atoms with Crippen molar-refractivity contribution in [3.63, 3.8) is 0 Å². The summed E-state index contributed by atoms with van der Waals surface area (Å²) in [5.74, 6) is 1.06. The number of nitrogens with one attached hydrogen (secondary N) is 1. The van der Waals surface area contributed by atoms with Gasteiger partial charge >= 0.3 is 0 Å². The van der Waals surface area contributed by atoms with Crippen LogP contribution in [-0.2, 0) is 11.3 Å². The maximum absolute atomic E-state index is 12.4. The van der Waals surface area contributed by atoms with Crippen LogP contribution in [0.2, 0.25) is 0 Å². The first kappa shape index (κ1) is 20.6. The first-order chi connectivity index (χ1) is 12.9. The Kier molecular flexibility index (Phi) is 7.06. The predicted octanol–water partition coefficient (Wildman–Crippen LogP) is 2.47. The first-order valence-electron chi connectivity index (χ1n) is 8.27. The fourth-order valence-corrected chi connectivity index (χ4v) is 3.35. The molecular formula is C19H24N2O5S. The molecule has 0 atom stereocenters. The second-order valence-corrected chi connectivity index (χ2v) is 7.12. The van der Waals surface area contributed by atoms with Crippen molar-refractivity contribution < 1.29 is 23.8 Å². The molecule has 0 unspecified atom stereocenters. The van der Waals surface area contributed by atoms with Gasteiger partial charge in [-0.25, -0.2) is 0 Å². The standard InChI is InChI=1S/C19H24N2O5S/c1-12-6-9-15(27-12)19(23)20-10-16(22)21(2)11-13-7-8-14(24-3)18(26-5)17(13)25-4/h6-9H,10-11H2,1-5H3,(H,20,23). The third-order valence-electron chi connectivity index (χ3n) is 3.98. The summed E-state index contributed by atoms with van der Waals surface area (Å²) >= 11 is 1.39. The molecule has 1 aromatic heterocycles. The number of likely N-dealkylation sites (N-methyl/N-ethyl adjacent to an activating group) is 1. The van der Waals surface area contributed by atoms with Gasteiger partial charge in [0, 0.05) is 24.0 Å². The third-order valence-corrected chi connectivity index (χ3v) is 4.98. The molecule has 1 heterocycles. The van der Waals surface area contributed by atoms with Crippen LogP contribution in [0.5, 0.6) is 17.2 Å². The van der Waals surface area contributed by atoms with E-state index >= 15 is 0 Å². The molecule has 7 nitrogen and oxygen atoms in total. The molecule has 0 spiro atoms. The van der Waals surface area contributed by atoms with Gasteiger partial charge in [0.05, 0.1) is 32.8 Å². The normalized spacial score (nSPS) is 10.3. The van der Waals surface area contributed by atoms with Gasteiger partial charge in [0.1, 0.15) is 0 Å². The predicted molar refractivity (Wildman–Crippen MR) is 104 cm³/mol. The summed E-state index contributed by atoms with van der Waals surface area (Å²) in [4.78, 5) is 27.6. The van der Waals surface area contributed by atoms with E-state index in [2.05, 4.69) is 5.32 Å². The molecule has 0 aliphatic heterocycles. The molecule has 0 saturated carbocycles. The number of rotatable bonds is 8.